The van der Waals surface area contributed by atoms with Gasteiger partial charge in [0.25, 0.3) is 5.91 Å². The molecule has 0 bridgehead atoms. The lowest BCUT2D eigenvalue weighted by molar-refractivity contribution is 0.0398. The minimum atomic E-state index is -0.317. The van der Waals surface area contributed by atoms with Crippen molar-refractivity contribution < 1.29 is 14.3 Å². The predicted octanol–water partition coefficient (Wildman–Crippen LogP) is 0.568. The average molecular weight is 387 g/mol. The highest BCUT2D eigenvalue weighted by atomic mass is 16.5. The lowest BCUT2D eigenvalue weighted by atomic mass is 10.2. The minimum absolute atomic E-state index is 0.317. The van der Waals surface area contributed by atoms with Gasteiger partial charge in [-0.25, -0.2) is 9.97 Å². The summed E-state index contributed by atoms with van der Waals surface area (Å²) in [6.07, 6.45) is 1.38. The van der Waals surface area contributed by atoms with Gasteiger partial charge in [0.2, 0.25) is 0 Å². The fraction of sp³-hybridized carbons (Fsp3) is 0.389. The number of aromatic nitrogens is 2. The fourth-order valence-electron chi connectivity index (χ4n) is 2.72. The second-order valence-electron chi connectivity index (χ2n) is 6.17. The van der Waals surface area contributed by atoms with Crippen molar-refractivity contribution in [3.8, 4) is 5.75 Å². The van der Waals surface area contributed by atoms with Gasteiger partial charge < -0.3 is 20.5 Å². The number of benzene rings is 1. The predicted molar refractivity (Wildman–Crippen MR) is 106 cm³/mol. The molecule has 0 spiro atoms. The molecule has 1 fully saturated rings. The Kier molecular flexibility index (Phi) is 6.82. The van der Waals surface area contributed by atoms with Crippen LogP contribution in [0.3, 0.4) is 0 Å². The van der Waals surface area contributed by atoms with E-state index in [0.717, 1.165) is 32.8 Å². The topological polar surface area (TPSA) is 127 Å². The van der Waals surface area contributed by atoms with Crippen LogP contribution in [0.4, 0.5) is 17.3 Å². The van der Waals surface area contributed by atoms with E-state index in [1.807, 2.05) is 0 Å². The van der Waals surface area contributed by atoms with Crippen LogP contribution in [0.1, 0.15) is 10.4 Å². The zero-order chi connectivity index (χ0) is 19.8. The number of morpholine rings is 1. The summed E-state index contributed by atoms with van der Waals surface area (Å²) in [5.74, 6) is 1.20. The van der Waals surface area contributed by atoms with E-state index in [2.05, 4.69) is 31.0 Å². The molecule has 1 aromatic heterocycles. The van der Waals surface area contributed by atoms with Crippen molar-refractivity contribution in [1.29, 1.82) is 0 Å². The molecule has 10 nitrogen and oxygen atoms in total. The van der Waals surface area contributed by atoms with Gasteiger partial charge in [-0.2, -0.15) is 0 Å². The summed E-state index contributed by atoms with van der Waals surface area (Å²) >= 11 is 0. The highest BCUT2D eigenvalue weighted by molar-refractivity contribution is 5.95. The number of methoxy groups -OCH3 is 1. The third kappa shape index (κ3) is 5.21. The Bertz CT molecular complexity index is 779. The quantitative estimate of drug-likeness (QED) is 0.481. The van der Waals surface area contributed by atoms with Gasteiger partial charge in [0.1, 0.15) is 17.8 Å². The van der Waals surface area contributed by atoms with Gasteiger partial charge in [-0.3, -0.25) is 20.5 Å². The van der Waals surface area contributed by atoms with Crippen LogP contribution in [0.25, 0.3) is 0 Å². The van der Waals surface area contributed by atoms with Gasteiger partial charge in [0.15, 0.2) is 11.6 Å². The zero-order valence-electron chi connectivity index (χ0n) is 15.8. The third-order valence-electron chi connectivity index (χ3n) is 4.35. The normalized spacial score (nSPS) is 14.3. The molecule has 1 aliphatic rings. The Balaban J connectivity index is 1.52. The number of hydrogen-bond acceptors (Lipinski definition) is 9. The largest absolute Gasteiger partial charge is 0.497 e. The Morgan fingerprint density at radius 3 is 2.64 bits per heavy atom. The molecule has 1 aromatic carbocycles. The first kappa shape index (κ1) is 19.6. The van der Waals surface area contributed by atoms with E-state index in [1.165, 1.54) is 6.33 Å². The number of anilines is 3. The summed E-state index contributed by atoms with van der Waals surface area (Å²) < 4.78 is 10.4. The van der Waals surface area contributed by atoms with E-state index in [0.29, 0.717) is 35.2 Å². The van der Waals surface area contributed by atoms with Crippen molar-refractivity contribution in [2.24, 2.45) is 0 Å². The first-order valence-corrected chi connectivity index (χ1v) is 9.02. The van der Waals surface area contributed by atoms with Crippen LogP contribution in [-0.2, 0) is 4.74 Å². The zero-order valence-corrected chi connectivity index (χ0v) is 15.8. The summed E-state index contributed by atoms with van der Waals surface area (Å²) in [7, 11) is 1.57. The maximum absolute atomic E-state index is 12.2. The monoisotopic (exact) mass is 387 g/mol. The summed E-state index contributed by atoms with van der Waals surface area (Å²) in [5.41, 5.74) is 12.2. The van der Waals surface area contributed by atoms with Gasteiger partial charge in [0, 0.05) is 31.7 Å². The number of hydrogen-bond donors (Lipinski definition) is 4. The molecule has 0 unspecified atom stereocenters. The molecule has 2 aromatic rings. The fourth-order valence-corrected chi connectivity index (χ4v) is 2.72. The molecule has 28 heavy (non-hydrogen) atoms. The Morgan fingerprint density at radius 2 is 1.93 bits per heavy atom. The van der Waals surface area contributed by atoms with Crippen LogP contribution >= 0.6 is 0 Å². The van der Waals surface area contributed by atoms with Crippen LogP contribution in [0.2, 0.25) is 0 Å². The first-order valence-electron chi connectivity index (χ1n) is 9.02. The third-order valence-corrected chi connectivity index (χ3v) is 4.35. The average Bonchev–Trinajstić information content (AvgIpc) is 2.74. The molecular formula is C18H25N7O3. The number of ether oxygens (including phenoxy) is 2. The summed E-state index contributed by atoms with van der Waals surface area (Å²) in [5, 5.41) is 3.21. The van der Waals surface area contributed by atoms with Crippen molar-refractivity contribution in [1.82, 2.24) is 20.3 Å². The SMILES string of the molecule is COc1ccc(C(=O)NNc2ncnc(NCCN3CCOCC3)c2N)cc1. The number of nitrogens with one attached hydrogen (secondary N) is 3. The van der Waals surface area contributed by atoms with E-state index in [1.54, 1.807) is 31.4 Å². The van der Waals surface area contributed by atoms with Crippen molar-refractivity contribution >= 4 is 23.2 Å². The molecule has 10 heteroatoms. The van der Waals surface area contributed by atoms with Crippen LogP contribution in [0, 0.1) is 0 Å². The summed E-state index contributed by atoms with van der Waals surface area (Å²) in [6, 6.07) is 6.75. The molecule has 1 saturated heterocycles. The highest BCUT2D eigenvalue weighted by Gasteiger charge is 2.12. The maximum Gasteiger partial charge on any atom is 0.269 e. The second-order valence-corrected chi connectivity index (χ2v) is 6.17. The number of rotatable bonds is 8. The number of nitrogens with two attached hydrogens (primary N) is 1. The van der Waals surface area contributed by atoms with Crippen molar-refractivity contribution in [3.05, 3.63) is 36.2 Å². The molecule has 0 saturated carbocycles. The Hall–Kier alpha value is -3.11. The van der Waals surface area contributed by atoms with E-state index in [9.17, 15) is 4.79 Å². The molecule has 0 aliphatic carbocycles. The number of nitrogens with zero attached hydrogens (tertiary/aromatic N) is 3. The van der Waals surface area contributed by atoms with Crippen molar-refractivity contribution in [2.75, 3.05) is 63.0 Å². The Morgan fingerprint density at radius 1 is 1.21 bits per heavy atom. The number of nitrogen functional groups attached to an aromatic ring is 1. The van der Waals surface area contributed by atoms with Gasteiger partial charge in [-0.05, 0) is 24.3 Å². The highest BCUT2D eigenvalue weighted by Crippen LogP contribution is 2.21. The van der Waals surface area contributed by atoms with Gasteiger partial charge in [-0.15, -0.1) is 0 Å². The van der Waals surface area contributed by atoms with E-state index >= 15 is 0 Å². The number of carbonyl (C=O) groups excluding carboxylic acids is 1. The van der Waals surface area contributed by atoms with Gasteiger partial charge in [-0.1, -0.05) is 0 Å². The second kappa shape index (κ2) is 9.72. The van der Waals surface area contributed by atoms with Crippen molar-refractivity contribution in [3.63, 3.8) is 0 Å². The number of hydrazine groups is 1. The molecule has 3 rings (SSSR count). The standard InChI is InChI=1S/C18H25N7O3/c1-27-14-4-2-13(3-5-14)18(26)24-23-17-15(19)16(21-12-22-17)20-6-7-25-8-10-28-11-9-25/h2-5,12H,6-11,19H2,1H3,(H,24,26)(H2,20,21,22,23). The van der Waals surface area contributed by atoms with E-state index in [4.69, 9.17) is 15.2 Å². The first-order chi connectivity index (χ1) is 13.7. The number of carbonyl (C=O) groups is 1. The molecule has 5 N–H and O–H groups in total. The lowest BCUT2D eigenvalue weighted by Crippen LogP contribution is -2.39. The molecule has 150 valence electrons. The van der Waals surface area contributed by atoms with Crippen molar-refractivity contribution in [2.45, 2.75) is 0 Å². The van der Waals surface area contributed by atoms with Gasteiger partial charge >= 0.3 is 0 Å². The molecule has 0 radical (unpaired) electrons. The molecule has 1 amide bonds. The number of amides is 1. The molecule has 1 aliphatic heterocycles. The van der Waals surface area contributed by atoms with Crippen LogP contribution in [-0.4, -0.2) is 67.3 Å². The van der Waals surface area contributed by atoms with E-state index < -0.39 is 0 Å². The summed E-state index contributed by atoms with van der Waals surface area (Å²) in [4.78, 5) is 22.8. The lowest BCUT2D eigenvalue weighted by Gasteiger charge is -2.26. The molecular weight excluding hydrogens is 362 g/mol. The minimum Gasteiger partial charge on any atom is -0.497 e. The van der Waals surface area contributed by atoms with Crippen LogP contribution < -0.4 is 26.6 Å². The van der Waals surface area contributed by atoms with E-state index in [-0.39, 0.29) is 5.91 Å². The Labute approximate surface area is 163 Å². The van der Waals surface area contributed by atoms with Crippen LogP contribution in [0.5, 0.6) is 5.75 Å². The smallest absolute Gasteiger partial charge is 0.269 e. The molecule has 0 atom stereocenters. The van der Waals surface area contributed by atoms with Gasteiger partial charge in [0.05, 0.1) is 20.3 Å². The van der Waals surface area contributed by atoms with Crippen LogP contribution in [0.15, 0.2) is 30.6 Å². The molecule has 2 heterocycles. The summed E-state index contributed by atoms with van der Waals surface area (Å²) in [6.45, 7) is 4.92. The maximum atomic E-state index is 12.2.